The number of phenols is 1. The van der Waals surface area contributed by atoms with Crippen LogP contribution in [0.2, 0.25) is 0 Å². The minimum absolute atomic E-state index is 0.0893. The lowest BCUT2D eigenvalue weighted by Gasteiger charge is -2.09. The second-order valence-corrected chi connectivity index (χ2v) is 10.7. The topological polar surface area (TPSA) is 113 Å². The van der Waals surface area contributed by atoms with Crippen molar-refractivity contribution in [2.45, 2.75) is 16.7 Å². The second-order valence-electron chi connectivity index (χ2n) is 7.37. The molecule has 7 nitrogen and oxygen atoms in total. The summed E-state index contributed by atoms with van der Waals surface area (Å²) < 4.78 is 56.5. The van der Waals surface area contributed by atoms with Gasteiger partial charge in [0.2, 0.25) is 0 Å². The van der Waals surface area contributed by atoms with Gasteiger partial charge in [-0.1, -0.05) is 48.0 Å². The minimum atomic E-state index is -4.08. The third-order valence-electron chi connectivity index (χ3n) is 5.00. The monoisotopic (exact) mass is 480 g/mol. The average Bonchev–Trinajstić information content (AvgIpc) is 2.79. The summed E-state index contributed by atoms with van der Waals surface area (Å²) in [6.45, 7) is 1.85. The van der Waals surface area contributed by atoms with E-state index in [1.807, 2.05) is 19.1 Å². The van der Waals surface area contributed by atoms with Crippen molar-refractivity contribution in [2.75, 3.05) is 4.72 Å². The van der Waals surface area contributed by atoms with Gasteiger partial charge in [-0.3, -0.25) is 4.72 Å². The van der Waals surface area contributed by atoms with E-state index in [0.29, 0.717) is 10.9 Å². The number of sulfonamides is 2. The molecule has 4 aromatic rings. The zero-order valence-corrected chi connectivity index (χ0v) is 19.1. The minimum Gasteiger partial charge on any atom is -0.507 e. The van der Waals surface area contributed by atoms with Crippen molar-refractivity contribution >= 4 is 42.7 Å². The SMILES string of the molecule is Cc1ccc(S(=O)(=O)Nc2ccc(S(=O)(=O)/N=C/c3c(O)ccc4ccccc34)cc2)cc1. The summed E-state index contributed by atoms with van der Waals surface area (Å²) >= 11 is 0. The van der Waals surface area contributed by atoms with Crippen LogP contribution in [0, 0.1) is 6.92 Å². The van der Waals surface area contributed by atoms with E-state index >= 15 is 0 Å². The van der Waals surface area contributed by atoms with E-state index in [-0.39, 0.29) is 21.2 Å². The van der Waals surface area contributed by atoms with Gasteiger partial charge in [-0.05, 0) is 60.2 Å². The molecule has 0 bridgehead atoms. The van der Waals surface area contributed by atoms with Crippen LogP contribution in [-0.2, 0) is 20.0 Å². The fraction of sp³-hybridized carbons (Fsp3) is 0.0417. The first-order valence-electron chi connectivity index (χ1n) is 9.86. The number of benzene rings is 4. The van der Waals surface area contributed by atoms with Crippen LogP contribution in [0.4, 0.5) is 5.69 Å². The van der Waals surface area contributed by atoms with Crippen molar-refractivity contribution in [3.63, 3.8) is 0 Å². The molecule has 0 saturated carbocycles. The van der Waals surface area contributed by atoms with Gasteiger partial charge in [0.25, 0.3) is 20.0 Å². The Hall–Kier alpha value is -3.69. The molecule has 0 heterocycles. The number of hydrogen-bond acceptors (Lipinski definition) is 5. The molecule has 0 amide bonds. The Morgan fingerprint density at radius 1 is 0.788 bits per heavy atom. The molecule has 168 valence electrons. The van der Waals surface area contributed by atoms with Crippen molar-refractivity contribution in [3.05, 3.63) is 96.1 Å². The van der Waals surface area contributed by atoms with Crippen LogP contribution in [0.5, 0.6) is 5.75 Å². The number of aryl methyl sites for hydroxylation is 1. The van der Waals surface area contributed by atoms with Crippen molar-refractivity contribution < 1.29 is 21.9 Å². The van der Waals surface area contributed by atoms with Gasteiger partial charge in [-0.25, -0.2) is 8.42 Å². The predicted octanol–water partition coefficient (Wildman–Crippen LogP) is 4.46. The molecule has 0 spiro atoms. The van der Waals surface area contributed by atoms with Crippen LogP contribution in [0.25, 0.3) is 10.8 Å². The molecule has 2 N–H and O–H groups in total. The Morgan fingerprint density at radius 2 is 1.42 bits per heavy atom. The summed E-state index contributed by atoms with van der Waals surface area (Å²) in [6, 6.07) is 22.0. The van der Waals surface area contributed by atoms with Gasteiger partial charge in [0, 0.05) is 11.3 Å². The van der Waals surface area contributed by atoms with Crippen LogP contribution < -0.4 is 4.72 Å². The smallest absolute Gasteiger partial charge is 0.282 e. The molecule has 0 aliphatic carbocycles. The predicted molar refractivity (Wildman–Crippen MR) is 129 cm³/mol. The maximum atomic E-state index is 12.7. The van der Waals surface area contributed by atoms with Crippen LogP contribution in [0.15, 0.2) is 99.1 Å². The molecule has 4 aromatic carbocycles. The Balaban J connectivity index is 1.58. The summed E-state index contributed by atoms with van der Waals surface area (Å²) in [6.07, 6.45) is 1.11. The van der Waals surface area contributed by atoms with E-state index in [0.717, 1.165) is 17.2 Å². The maximum Gasteiger partial charge on any atom is 0.282 e. The zero-order chi connectivity index (χ0) is 23.6. The molecular formula is C24H20N2O5S2. The first-order valence-corrected chi connectivity index (χ1v) is 12.8. The number of fused-ring (bicyclic) bond motifs is 1. The molecule has 4 rings (SSSR count). The van der Waals surface area contributed by atoms with E-state index in [1.54, 1.807) is 30.3 Å². The van der Waals surface area contributed by atoms with Crippen LogP contribution in [0.1, 0.15) is 11.1 Å². The third-order valence-corrected chi connectivity index (χ3v) is 7.65. The number of hydrogen-bond donors (Lipinski definition) is 2. The summed E-state index contributed by atoms with van der Waals surface area (Å²) in [5.41, 5.74) is 1.44. The van der Waals surface area contributed by atoms with Crippen LogP contribution in [-0.4, -0.2) is 28.2 Å². The Labute approximate surface area is 192 Å². The number of phenolic OH excluding ortho intramolecular Hbond substituents is 1. The lowest BCUT2D eigenvalue weighted by Crippen LogP contribution is -2.13. The molecule has 9 heteroatoms. The largest absolute Gasteiger partial charge is 0.507 e. The molecule has 0 fully saturated rings. The highest BCUT2D eigenvalue weighted by Gasteiger charge is 2.16. The Bertz CT molecular complexity index is 1560. The van der Waals surface area contributed by atoms with E-state index in [4.69, 9.17) is 0 Å². The molecule has 0 aromatic heterocycles. The molecule has 0 saturated heterocycles. The van der Waals surface area contributed by atoms with Crippen molar-refractivity contribution in [2.24, 2.45) is 4.40 Å². The van der Waals surface area contributed by atoms with E-state index < -0.39 is 20.0 Å². The quantitative estimate of drug-likeness (QED) is 0.396. The van der Waals surface area contributed by atoms with Gasteiger partial charge in [0.1, 0.15) is 5.75 Å². The number of anilines is 1. The molecule has 0 aliphatic heterocycles. The standard InChI is InChI=1S/C24H20N2O5S2/c1-17-6-11-21(12-7-17)33(30,31)26-19-9-13-20(14-10-19)32(28,29)25-16-23-22-5-3-2-4-18(22)8-15-24(23)27/h2-16,26-27H,1H3/b25-16+. The molecule has 0 unspecified atom stereocenters. The first-order chi connectivity index (χ1) is 15.7. The van der Waals surface area contributed by atoms with Gasteiger partial charge in [0.15, 0.2) is 0 Å². The molecule has 0 radical (unpaired) electrons. The summed E-state index contributed by atoms with van der Waals surface area (Å²) in [5.74, 6) is -0.0893. The number of nitrogens with one attached hydrogen (secondary N) is 1. The lowest BCUT2D eigenvalue weighted by molar-refractivity contribution is 0.475. The normalized spacial score (nSPS) is 12.3. The average molecular weight is 481 g/mol. The van der Waals surface area contributed by atoms with Crippen LogP contribution >= 0.6 is 0 Å². The van der Waals surface area contributed by atoms with E-state index in [9.17, 15) is 21.9 Å². The Morgan fingerprint density at radius 3 is 2.12 bits per heavy atom. The highest BCUT2D eigenvalue weighted by molar-refractivity contribution is 7.92. The van der Waals surface area contributed by atoms with Gasteiger partial charge in [0.05, 0.1) is 16.0 Å². The molecular weight excluding hydrogens is 460 g/mol. The Kier molecular flexibility index (Phi) is 5.92. The highest BCUT2D eigenvalue weighted by Crippen LogP contribution is 2.26. The first kappa shape index (κ1) is 22.5. The van der Waals surface area contributed by atoms with Gasteiger partial charge in [-0.15, -0.1) is 0 Å². The van der Waals surface area contributed by atoms with Crippen molar-refractivity contribution in [1.29, 1.82) is 0 Å². The molecule has 0 aliphatic rings. The van der Waals surface area contributed by atoms with Crippen molar-refractivity contribution in [3.8, 4) is 5.75 Å². The fourth-order valence-corrected chi connectivity index (χ4v) is 5.13. The van der Waals surface area contributed by atoms with E-state index in [2.05, 4.69) is 9.12 Å². The highest BCUT2D eigenvalue weighted by atomic mass is 32.2. The van der Waals surface area contributed by atoms with Gasteiger partial charge in [-0.2, -0.15) is 12.8 Å². The van der Waals surface area contributed by atoms with E-state index in [1.165, 1.54) is 42.5 Å². The molecule has 33 heavy (non-hydrogen) atoms. The van der Waals surface area contributed by atoms with Gasteiger partial charge < -0.3 is 5.11 Å². The zero-order valence-electron chi connectivity index (χ0n) is 17.5. The third kappa shape index (κ3) is 4.89. The summed E-state index contributed by atoms with van der Waals surface area (Å²) in [5, 5.41) is 11.7. The maximum absolute atomic E-state index is 12.7. The number of nitrogens with zero attached hydrogens (tertiary/aromatic N) is 1. The second kappa shape index (κ2) is 8.68. The fourth-order valence-electron chi connectivity index (χ4n) is 3.23. The molecule has 0 atom stereocenters. The number of rotatable bonds is 6. The van der Waals surface area contributed by atoms with Crippen molar-refractivity contribution in [1.82, 2.24) is 0 Å². The summed E-state index contributed by atoms with van der Waals surface area (Å²) in [4.78, 5) is -0.0129. The van der Waals surface area contributed by atoms with Gasteiger partial charge >= 0.3 is 0 Å². The number of aromatic hydroxyl groups is 1. The lowest BCUT2D eigenvalue weighted by atomic mass is 10.0. The van der Waals surface area contributed by atoms with Crippen LogP contribution in [0.3, 0.4) is 0 Å². The summed E-state index contributed by atoms with van der Waals surface area (Å²) in [7, 11) is -7.89.